The second-order valence-electron chi connectivity index (χ2n) is 9.44. The summed E-state index contributed by atoms with van der Waals surface area (Å²) in [7, 11) is 0. The van der Waals surface area contributed by atoms with E-state index in [1.165, 1.54) is 11.2 Å². The monoisotopic (exact) mass is 582 g/mol. The van der Waals surface area contributed by atoms with Crippen LogP contribution in [0.4, 0.5) is 5.69 Å². The summed E-state index contributed by atoms with van der Waals surface area (Å²) in [5, 5.41) is 3.16. The number of carbonyl (C=O) groups excluding carboxylic acids is 4. The summed E-state index contributed by atoms with van der Waals surface area (Å²) >= 11 is 6.32. The van der Waals surface area contributed by atoms with E-state index in [-0.39, 0.29) is 25.5 Å². The zero-order valence-corrected chi connectivity index (χ0v) is 23.5. The number of nitrogens with zero attached hydrogens (tertiary/aromatic N) is 3. The topological polar surface area (TPSA) is 131 Å². The summed E-state index contributed by atoms with van der Waals surface area (Å²) < 4.78 is 15.9. The van der Waals surface area contributed by atoms with Crippen molar-refractivity contribution in [1.29, 1.82) is 0 Å². The van der Waals surface area contributed by atoms with Crippen LogP contribution in [0.3, 0.4) is 0 Å². The molecule has 3 aromatic rings. The first-order valence-corrected chi connectivity index (χ1v) is 13.5. The SMILES string of the molecule is CC(=O)O[C@@H](C(=O)NCc1nc(Cc2ccccc2)co1)[C@@H](OC(C)=O)C(=O)N1CCN(c2ccccc2Cl)CC1. The number of carbonyl (C=O) groups is 4. The van der Waals surface area contributed by atoms with Crippen LogP contribution in [0.5, 0.6) is 0 Å². The van der Waals surface area contributed by atoms with Gasteiger partial charge in [0.25, 0.3) is 11.8 Å². The molecule has 0 bridgehead atoms. The third kappa shape index (κ3) is 8.07. The maximum Gasteiger partial charge on any atom is 0.303 e. The number of benzene rings is 2. The number of aromatic nitrogens is 1. The lowest BCUT2D eigenvalue weighted by Gasteiger charge is -2.38. The lowest BCUT2D eigenvalue weighted by Crippen LogP contribution is -2.57. The average Bonchev–Trinajstić information content (AvgIpc) is 3.41. The molecule has 1 aliphatic heterocycles. The number of hydrogen-bond acceptors (Lipinski definition) is 9. The minimum Gasteiger partial charge on any atom is -0.448 e. The molecule has 4 rings (SSSR count). The molecule has 1 fully saturated rings. The molecule has 0 saturated carbocycles. The Hall–Kier alpha value is -4.38. The highest BCUT2D eigenvalue weighted by Gasteiger charge is 2.42. The number of hydrogen-bond donors (Lipinski definition) is 1. The molecular formula is C29H31ClN4O7. The summed E-state index contributed by atoms with van der Waals surface area (Å²) in [5.41, 5.74) is 2.55. The maximum absolute atomic E-state index is 13.5. The first kappa shape index (κ1) is 29.6. The Morgan fingerprint density at radius 3 is 2.22 bits per heavy atom. The highest BCUT2D eigenvalue weighted by atomic mass is 35.5. The number of amides is 2. The van der Waals surface area contributed by atoms with E-state index in [0.717, 1.165) is 25.1 Å². The number of oxazole rings is 1. The predicted molar refractivity (Wildman–Crippen MR) is 149 cm³/mol. The van der Waals surface area contributed by atoms with Gasteiger partial charge in [0.2, 0.25) is 18.1 Å². The standard InChI is InChI=1S/C29H31ClN4O7/c1-19(35)40-26(28(37)31-17-25-32-22(18-39-25)16-21-8-4-3-5-9-21)27(41-20(2)36)29(38)34-14-12-33(13-15-34)24-11-7-6-10-23(24)30/h3-11,18,26-27H,12-17H2,1-2H3,(H,31,37)/t26-,27-/m1/s1. The van der Waals surface area contributed by atoms with Crippen molar-refractivity contribution in [3.63, 3.8) is 0 Å². The average molecular weight is 583 g/mol. The van der Waals surface area contributed by atoms with Crippen LogP contribution in [0.25, 0.3) is 0 Å². The van der Waals surface area contributed by atoms with Gasteiger partial charge in [0.15, 0.2) is 0 Å². The third-order valence-corrected chi connectivity index (χ3v) is 6.71. The number of rotatable bonds is 10. The summed E-state index contributed by atoms with van der Waals surface area (Å²) in [4.78, 5) is 58.5. The molecule has 2 atom stereocenters. The fraction of sp³-hybridized carbons (Fsp3) is 0.345. The molecule has 11 nitrogen and oxygen atoms in total. The van der Waals surface area contributed by atoms with Crippen LogP contribution in [0.15, 0.2) is 65.3 Å². The summed E-state index contributed by atoms with van der Waals surface area (Å²) in [6, 6.07) is 17.1. The van der Waals surface area contributed by atoms with Crippen molar-refractivity contribution in [2.75, 3.05) is 31.1 Å². The molecule has 12 heteroatoms. The van der Waals surface area contributed by atoms with Crippen LogP contribution >= 0.6 is 11.6 Å². The molecule has 1 aliphatic rings. The lowest BCUT2D eigenvalue weighted by atomic mass is 10.1. The minimum absolute atomic E-state index is 0.136. The molecule has 2 amide bonds. The molecule has 1 N–H and O–H groups in total. The van der Waals surface area contributed by atoms with E-state index >= 15 is 0 Å². The van der Waals surface area contributed by atoms with Crippen molar-refractivity contribution in [2.24, 2.45) is 0 Å². The maximum atomic E-state index is 13.5. The molecule has 0 spiro atoms. The zero-order valence-electron chi connectivity index (χ0n) is 22.7. The Balaban J connectivity index is 1.42. The van der Waals surface area contributed by atoms with Crippen molar-refractivity contribution in [2.45, 2.75) is 39.0 Å². The van der Waals surface area contributed by atoms with E-state index in [1.807, 2.05) is 53.4 Å². The van der Waals surface area contributed by atoms with Crippen LogP contribution in [0.1, 0.15) is 31.0 Å². The number of para-hydroxylation sites is 1. The smallest absolute Gasteiger partial charge is 0.303 e. The second-order valence-corrected chi connectivity index (χ2v) is 9.84. The number of esters is 2. The Labute approximate surface area is 242 Å². The van der Waals surface area contributed by atoms with Gasteiger partial charge in [0.05, 0.1) is 22.9 Å². The van der Waals surface area contributed by atoms with Crippen LogP contribution < -0.4 is 10.2 Å². The predicted octanol–water partition coefficient (Wildman–Crippen LogP) is 2.75. The van der Waals surface area contributed by atoms with Gasteiger partial charge >= 0.3 is 11.9 Å². The van der Waals surface area contributed by atoms with Crippen LogP contribution in [0.2, 0.25) is 5.02 Å². The van der Waals surface area contributed by atoms with Gasteiger partial charge in [-0.15, -0.1) is 0 Å². The van der Waals surface area contributed by atoms with E-state index in [2.05, 4.69) is 10.3 Å². The molecule has 1 aromatic heterocycles. The van der Waals surface area contributed by atoms with Gasteiger partial charge in [0.1, 0.15) is 6.26 Å². The number of nitrogens with one attached hydrogen (secondary N) is 1. The molecule has 0 unspecified atom stereocenters. The number of halogens is 1. The number of piperazine rings is 1. The van der Waals surface area contributed by atoms with Crippen molar-refractivity contribution < 1.29 is 33.1 Å². The van der Waals surface area contributed by atoms with Gasteiger partial charge < -0.3 is 29.0 Å². The van der Waals surface area contributed by atoms with Crippen molar-refractivity contribution in [3.05, 3.63) is 83.0 Å². The Bertz CT molecular complexity index is 1370. The van der Waals surface area contributed by atoms with E-state index < -0.39 is 36.0 Å². The van der Waals surface area contributed by atoms with E-state index in [0.29, 0.717) is 30.2 Å². The number of ether oxygens (including phenoxy) is 2. The first-order chi connectivity index (χ1) is 19.7. The quantitative estimate of drug-likeness (QED) is 0.358. The molecular weight excluding hydrogens is 552 g/mol. The van der Waals surface area contributed by atoms with E-state index in [1.54, 1.807) is 6.07 Å². The van der Waals surface area contributed by atoms with Gasteiger partial charge in [-0.25, -0.2) is 4.98 Å². The molecule has 1 saturated heterocycles. The van der Waals surface area contributed by atoms with Crippen LogP contribution in [-0.4, -0.2) is 72.0 Å². The van der Waals surface area contributed by atoms with Gasteiger partial charge in [-0.05, 0) is 17.7 Å². The van der Waals surface area contributed by atoms with Gasteiger partial charge in [0, 0.05) is 46.4 Å². The van der Waals surface area contributed by atoms with Crippen molar-refractivity contribution >= 4 is 41.0 Å². The Morgan fingerprint density at radius 2 is 1.56 bits per heavy atom. The highest BCUT2D eigenvalue weighted by molar-refractivity contribution is 6.33. The zero-order chi connectivity index (χ0) is 29.4. The van der Waals surface area contributed by atoms with Crippen molar-refractivity contribution in [1.82, 2.24) is 15.2 Å². The summed E-state index contributed by atoms with van der Waals surface area (Å²) in [5.74, 6) is -2.89. The normalized spacial score (nSPS) is 14.6. The van der Waals surface area contributed by atoms with E-state index in [4.69, 9.17) is 25.5 Å². The largest absolute Gasteiger partial charge is 0.448 e. The van der Waals surface area contributed by atoms with E-state index in [9.17, 15) is 19.2 Å². The summed E-state index contributed by atoms with van der Waals surface area (Å²) in [6.45, 7) is 3.54. The molecule has 0 radical (unpaired) electrons. The molecule has 2 heterocycles. The summed E-state index contributed by atoms with van der Waals surface area (Å²) in [6.07, 6.45) is -1.36. The van der Waals surface area contributed by atoms with Gasteiger partial charge in [-0.3, -0.25) is 19.2 Å². The number of anilines is 1. The lowest BCUT2D eigenvalue weighted by molar-refractivity contribution is -0.178. The first-order valence-electron chi connectivity index (χ1n) is 13.1. The Morgan fingerprint density at radius 1 is 0.927 bits per heavy atom. The van der Waals surface area contributed by atoms with Crippen LogP contribution in [0, 0.1) is 0 Å². The third-order valence-electron chi connectivity index (χ3n) is 6.39. The molecule has 0 aliphatic carbocycles. The van der Waals surface area contributed by atoms with Crippen molar-refractivity contribution in [3.8, 4) is 0 Å². The van der Waals surface area contributed by atoms with Crippen LogP contribution in [-0.2, 0) is 41.6 Å². The fourth-order valence-electron chi connectivity index (χ4n) is 4.49. The second kappa shape index (κ2) is 13.8. The molecule has 2 aromatic carbocycles. The Kier molecular flexibility index (Phi) is 9.96. The van der Waals surface area contributed by atoms with Gasteiger partial charge in [-0.1, -0.05) is 54.1 Å². The minimum atomic E-state index is -1.72. The van der Waals surface area contributed by atoms with Gasteiger partial charge in [-0.2, -0.15) is 0 Å². The molecule has 41 heavy (non-hydrogen) atoms. The molecule has 216 valence electrons. The fourth-order valence-corrected chi connectivity index (χ4v) is 4.74. The highest BCUT2D eigenvalue weighted by Crippen LogP contribution is 2.26.